The number of para-hydroxylation sites is 2. The summed E-state index contributed by atoms with van der Waals surface area (Å²) in [6.07, 6.45) is 3.10. The van der Waals surface area contributed by atoms with E-state index >= 15 is 0 Å². The van der Waals surface area contributed by atoms with Crippen LogP contribution in [0.3, 0.4) is 0 Å². The van der Waals surface area contributed by atoms with Crippen molar-refractivity contribution >= 4 is 11.8 Å². The number of hydrogen-bond acceptors (Lipinski definition) is 4. The van der Waals surface area contributed by atoms with Crippen molar-refractivity contribution in [3.05, 3.63) is 59.7 Å². The van der Waals surface area contributed by atoms with Gasteiger partial charge in [0.1, 0.15) is 11.5 Å². The zero-order chi connectivity index (χ0) is 19.5. The smallest absolute Gasteiger partial charge is 0.276 e. The first-order chi connectivity index (χ1) is 13.1. The summed E-state index contributed by atoms with van der Waals surface area (Å²) < 4.78 is 11.1. The minimum absolute atomic E-state index is 0.194. The minimum Gasteiger partial charge on any atom is -0.493 e. The third-order valence-electron chi connectivity index (χ3n) is 3.90. The topological polar surface area (TPSA) is 76.7 Å². The highest BCUT2D eigenvalue weighted by molar-refractivity contribution is 5.97. The number of rotatable bonds is 9. The average Bonchev–Trinajstić information content (AvgIpc) is 2.69. The van der Waals surface area contributed by atoms with E-state index in [1.165, 1.54) is 0 Å². The molecule has 6 heteroatoms. The van der Waals surface area contributed by atoms with Crippen molar-refractivity contribution in [2.24, 2.45) is 0 Å². The van der Waals surface area contributed by atoms with Crippen molar-refractivity contribution < 1.29 is 19.1 Å². The fourth-order valence-corrected chi connectivity index (χ4v) is 2.41. The molecule has 2 N–H and O–H groups in total. The quantitative estimate of drug-likeness (QED) is 0.524. The molecule has 144 valence electrons. The summed E-state index contributed by atoms with van der Waals surface area (Å²) in [5, 5.41) is 0. The van der Waals surface area contributed by atoms with E-state index in [9.17, 15) is 9.59 Å². The Kier molecular flexibility index (Phi) is 8.16. The number of nitrogens with one attached hydrogen (secondary N) is 2. The van der Waals surface area contributed by atoms with Crippen molar-refractivity contribution in [2.75, 3.05) is 13.2 Å². The second-order valence-electron chi connectivity index (χ2n) is 6.11. The summed E-state index contributed by atoms with van der Waals surface area (Å²) in [6, 6.07) is 14.4. The molecule has 6 nitrogen and oxygen atoms in total. The molecule has 0 bridgehead atoms. The fraction of sp³-hybridized carbons (Fsp3) is 0.333. The molecule has 0 saturated carbocycles. The molecule has 0 spiro atoms. The van der Waals surface area contributed by atoms with E-state index in [4.69, 9.17) is 9.47 Å². The number of hydrogen-bond donors (Lipinski definition) is 2. The molecule has 0 aliphatic heterocycles. The Morgan fingerprint density at radius 1 is 0.889 bits per heavy atom. The summed E-state index contributed by atoms with van der Waals surface area (Å²) in [5.74, 6) is 0.236. The largest absolute Gasteiger partial charge is 0.493 e. The highest BCUT2D eigenvalue weighted by Gasteiger charge is 2.13. The first kappa shape index (κ1) is 20.3. The molecule has 2 aromatic carbocycles. The van der Waals surface area contributed by atoms with Gasteiger partial charge in [-0.25, -0.2) is 0 Å². The molecule has 2 rings (SSSR count). The van der Waals surface area contributed by atoms with Crippen LogP contribution in [0.2, 0.25) is 0 Å². The second kappa shape index (κ2) is 10.9. The molecule has 27 heavy (non-hydrogen) atoms. The lowest BCUT2D eigenvalue weighted by molar-refractivity contribution is -0.123. The predicted molar refractivity (Wildman–Crippen MR) is 104 cm³/mol. The molecular formula is C21H26N2O4. The first-order valence-electron chi connectivity index (χ1n) is 9.11. The Hall–Kier alpha value is -3.02. The number of carbonyl (C=O) groups is 2. The Balaban J connectivity index is 1.82. The van der Waals surface area contributed by atoms with Crippen LogP contribution in [-0.4, -0.2) is 25.0 Å². The van der Waals surface area contributed by atoms with Gasteiger partial charge in [-0.1, -0.05) is 50.1 Å². The summed E-state index contributed by atoms with van der Waals surface area (Å²) in [6.45, 7) is 4.37. The van der Waals surface area contributed by atoms with Crippen LogP contribution in [0.5, 0.6) is 11.5 Å². The molecule has 0 fully saturated rings. The SMILES string of the molecule is CCCCCOc1ccccc1C(=O)NNC(=O)COc1ccccc1C. The Morgan fingerprint density at radius 3 is 2.33 bits per heavy atom. The van der Waals surface area contributed by atoms with Crippen molar-refractivity contribution in [1.82, 2.24) is 10.9 Å². The van der Waals surface area contributed by atoms with Crippen LogP contribution in [0.25, 0.3) is 0 Å². The molecule has 0 heterocycles. The van der Waals surface area contributed by atoms with Gasteiger partial charge in [-0.15, -0.1) is 0 Å². The number of aryl methyl sites for hydroxylation is 1. The van der Waals surface area contributed by atoms with Crippen molar-refractivity contribution in [2.45, 2.75) is 33.1 Å². The van der Waals surface area contributed by atoms with E-state index in [0.29, 0.717) is 23.7 Å². The van der Waals surface area contributed by atoms with Crippen LogP contribution < -0.4 is 20.3 Å². The summed E-state index contributed by atoms with van der Waals surface area (Å²) in [4.78, 5) is 24.3. The van der Waals surface area contributed by atoms with Gasteiger partial charge >= 0.3 is 0 Å². The van der Waals surface area contributed by atoms with E-state index < -0.39 is 11.8 Å². The van der Waals surface area contributed by atoms with E-state index in [1.54, 1.807) is 30.3 Å². The Labute approximate surface area is 159 Å². The highest BCUT2D eigenvalue weighted by Crippen LogP contribution is 2.18. The third-order valence-corrected chi connectivity index (χ3v) is 3.90. The van der Waals surface area contributed by atoms with Crippen LogP contribution in [-0.2, 0) is 4.79 Å². The molecule has 0 atom stereocenters. The van der Waals surface area contributed by atoms with Crippen LogP contribution >= 0.6 is 0 Å². The number of ether oxygens (including phenoxy) is 2. The standard InChI is InChI=1S/C21H26N2O4/c1-3-4-9-14-26-19-13-8-6-11-17(19)21(25)23-22-20(24)15-27-18-12-7-5-10-16(18)2/h5-8,10-13H,3-4,9,14-15H2,1-2H3,(H,22,24)(H,23,25). The first-order valence-corrected chi connectivity index (χ1v) is 9.11. The van der Waals surface area contributed by atoms with E-state index in [2.05, 4.69) is 17.8 Å². The monoisotopic (exact) mass is 370 g/mol. The van der Waals surface area contributed by atoms with Gasteiger partial charge in [0.05, 0.1) is 12.2 Å². The van der Waals surface area contributed by atoms with Gasteiger partial charge in [0.15, 0.2) is 6.61 Å². The number of amides is 2. The predicted octanol–water partition coefficient (Wildman–Crippen LogP) is 3.40. The molecule has 0 saturated heterocycles. The Morgan fingerprint density at radius 2 is 1.59 bits per heavy atom. The van der Waals surface area contributed by atoms with Gasteiger partial charge in [-0.3, -0.25) is 20.4 Å². The summed E-state index contributed by atoms with van der Waals surface area (Å²) in [5.41, 5.74) is 6.05. The lowest BCUT2D eigenvalue weighted by atomic mass is 10.2. The fourth-order valence-electron chi connectivity index (χ4n) is 2.41. The van der Waals surface area contributed by atoms with Gasteiger partial charge in [-0.05, 0) is 37.1 Å². The third kappa shape index (κ3) is 6.66. The zero-order valence-electron chi connectivity index (χ0n) is 15.8. The van der Waals surface area contributed by atoms with Crippen molar-refractivity contribution in [3.8, 4) is 11.5 Å². The summed E-state index contributed by atoms with van der Waals surface area (Å²) >= 11 is 0. The van der Waals surface area contributed by atoms with Gasteiger partial charge < -0.3 is 9.47 Å². The zero-order valence-corrected chi connectivity index (χ0v) is 15.8. The average molecular weight is 370 g/mol. The molecule has 0 unspecified atom stereocenters. The molecule has 2 amide bonds. The van der Waals surface area contributed by atoms with E-state index in [0.717, 1.165) is 24.8 Å². The molecule has 0 aromatic heterocycles. The summed E-state index contributed by atoms with van der Waals surface area (Å²) in [7, 11) is 0. The molecule has 0 aliphatic rings. The van der Waals surface area contributed by atoms with E-state index in [-0.39, 0.29) is 6.61 Å². The van der Waals surface area contributed by atoms with Gasteiger partial charge in [0.25, 0.3) is 11.8 Å². The number of hydrazine groups is 1. The van der Waals surface area contributed by atoms with Crippen LogP contribution in [0.15, 0.2) is 48.5 Å². The van der Waals surface area contributed by atoms with Crippen molar-refractivity contribution in [3.63, 3.8) is 0 Å². The lowest BCUT2D eigenvalue weighted by Gasteiger charge is -2.13. The maximum Gasteiger partial charge on any atom is 0.276 e. The van der Waals surface area contributed by atoms with Gasteiger partial charge in [0, 0.05) is 0 Å². The van der Waals surface area contributed by atoms with Gasteiger partial charge in [0.2, 0.25) is 0 Å². The molecule has 0 radical (unpaired) electrons. The number of unbranched alkanes of at least 4 members (excludes halogenated alkanes) is 2. The number of carbonyl (C=O) groups excluding carboxylic acids is 2. The Bertz CT molecular complexity index is 761. The van der Waals surface area contributed by atoms with Crippen LogP contribution in [0.1, 0.15) is 42.1 Å². The molecule has 0 aliphatic carbocycles. The van der Waals surface area contributed by atoms with Crippen LogP contribution in [0, 0.1) is 6.92 Å². The van der Waals surface area contributed by atoms with Crippen LogP contribution in [0.4, 0.5) is 0 Å². The van der Waals surface area contributed by atoms with Gasteiger partial charge in [-0.2, -0.15) is 0 Å². The van der Waals surface area contributed by atoms with E-state index in [1.807, 2.05) is 25.1 Å². The lowest BCUT2D eigenvalue weighted by Crippen LogP contribution is -2.44. The van der Waals surface area contributed by atoms with Crippen molar-refractivity contribution in [1.29, 1.82) is 0 Å². The molecular weight excluding hydrogens is 344 g/mol. The number of benzene rings is 2. The normalized spacial score (nSPS) is 10.1. The highest BCUT2D eigenvalue weighted by atomic mass is 16.5. The molecule has 2 aromatic rings. The maximum atomic E-state index is 12.3. The second-order valence-corrected chi connectivity index (χ2v) is 6.11. The minimum atomic E-state index is -0.451. The maximum absolute atomic E-state index is 12.3.